The van der Waals surface area contributed by atoms with E-state index in [4.69, 9.17) is 4.42 Å². The summed E-state index contributed by atoms with van der Waals surface area (Å²) in [5.74, 6) is -4.33. The molecule has 0 amide bonds. The minimum Gasteiger partial charge on any atom is -0.504 e. The Bertz CT molecular complexity index is 3400. The van der Waals surface area contributed by atoms with Crippen LogP contribution in [0.2, 0.25) is 0 Å². The van der Waals surface area contributed by atoms with Gasteiger partial charge in [-0.3, -0.25) is 0 Å². The van der Waals surface area contributed by atoms with E-state index in [9.17, 15) is 25.5 Å². The molecular formula is C54H36O6. The Hall–Kier alpha value is -7.96. The highest BCUT2D eigenvalue weighted by molar-refractivity contribution is 6.24. The standard InChI is InChI=1S/C54H36O6/c55-50-49(51(56)53(58)54(59)52(50)57)47-39-21-11-9-19-37(39)45(38-20-10-12-22-40(38)47)34-27-33-17-7-8-18-35(33)41(29-34)46-36(31-15-5-2-6-16-31)24-26-44-48(46)42-28-32(23-25-43(42)60-44)30-13-3-1-4-14-30/h1,3-5,7-29,55-59H,2,6H2. The molecule has 0 atom stereocenters. The SMILES string of the molecule is Oc1c(O)c(O)c(-c2c3ccccc3c(-c3cc(-c4c(C5=CCCC=C5)ccc5oc6ccc(-c7ccccc7)cc6c45)c4ccccc4c3)c3ccccc23)c(O)c1O. The number of allylic oxidation sites excluding steroid dienone is 4. The van der Waals surface area contributed by atoms with E-state index in [1.165, 1.54) is 0 Å². The third-order valence-electron chi connectivity index (χ3n) is 12.0. The highest BCUT2D eigenvalue weighted by Crippen LogP contribution is 2.58. The van der Waals surface area contributed by atoms with Crippen molar-refractivity contribution in [2.45, 2.75) is 12.8 Å². The highest BCUT2D eigenvalue weighted by Gasteiger charge is 2.29. The van der Waals surface area contributed by atoms with Crippen LogP contribution in [-0.4, -0.2) is 25.5 Å². The molecule has 6 heteroatoms. The summed E-state index contributed by atoms with van der Waals surface area (Å²) in [6, 6.07) is 49.4. The molecule has 1 aromatic heterocycles. The van der Waals surface area contributed by atoms with Crippen molar-refractivity contribution in [1.29, 1.82) is 0 Å². The fraction of sp³-hybridized carbons (Fsp3) is 0.0370. The third-order valence-corrected chi connectivity index (χ3v) is 12.0. The van der Waals surface area contributed by atoms with Gasteiger partial charge in [-0.1, -0.05) is 133 Å². The average molecular weight is 781 g/mol. The molecule has 0 unspecified atom stereocenters. The molecule has 9 aromatic carbocycles. The van der Waals surface area contributed by atoms with E-state index in [0.717, 1.165) is 101 Å². The van der Waals surface area contributed by atoms with Gasteiger partial charge >= 0.3 is 0 Å². The van der Waals surface area contributed by atoms with Crippen LogP contribution in [0.3, 0.4) is 0 Å². The van der Waals surface area contributed by atoms with Crippen LogP contribution in [0.1, 0.15) is 18.4 Å². The van der Waals surface area contributed by atoms with Gasteiger partial charge in [-0.05, 0) is 114 Å². The molecule has 11 rings (SSSR count). The van der Waals surface area contributed by atoms with Crippen molar-refractivity contribution in [3.05, 3.63) is 169 Å². The van der Waals surface area contributed by atoms with Crippen molar-refractivity contribution < 1.29 is 29.9 Å². The molecule has 10 aromatic rings. The van der Waals surface area contributed by atoms with Gasteiger partial charge in [-0.25, -0.2) is 0 Å². The molecule has 0 fully saturated rings. The summed E-state index contributed by atoms with van der Waals surface area (Å²) in [4.78, 5) is 0. The van der Waals surface area contributed by atoms with Crippen molar-refractivity contribution in [2.24, 2.45) is 0 Å². The van der Waals surface area contributed by atoms with Crippen LogP contribution in [0.25, 0.3) is 104 Å². The first-order valence-electron chi connectivity index (χ1n) is 19.9. The number of phenolic OH excluding ortho intramolecular Hbond substituents is 5. The Kier molecular flexibility index (Phi) is 7.97. The summed E-state index contributed by atoms with van der Waals surface area (Å²) in [6.07, 6.45) is 8.71. The van der Waals surface area contributed by atoms with E-state index in [1.54, 1.807) is 0 Å². The van der Waals surface area contributed by atoms with Crippen LogP contribution in [0.4, 0.5) is 0 Å². The van der Waals surface area contributed by atoms with Crippen LogP contribution >= 0.6 is 0 Å². The summed E-state index contributed by atoms with van der Waals surface area (Å²) in [6.45, 7) is 0. The van der Waals surface area contributed by atoms with Gasteiger partial charge in [0.15, 0.2) is 11.5 Å². The molecule has 0 saturated heterocycles. The Balaban J connectivity index is 1.27. The van der Waals surface area contributed by atoms with Crippen LogP contribution in [0, 0.1) is 0 Å². The fourth-order valence-electron chi connectivity index (χ4n) is 9.31. The molecule has 1 heterocycles. The van der Waals surface area contributed by atoms with Crippen LogP contribution in [-0.2, 0) is 0 Å². The van der Waals surface area contributed by atoms with Crippen molar-refractivity contribution >= 4 is 59.8 Å². The van der Waals surface area contributed by atoms with Crippen molar-refractivity contribution in [2.75, 3.05) is 0 Å². The Morgan fingerprint density at radius 2 is 0.983 bits per heavy atom. The first-order chi connectivity index (χ1) is 29.4. The van der Waals surface area contributed by atoms with Gasteiger partial charge < -0.3 is 29.9 Å². The topological polar surface area (TPSA) is 114 Å². The van der Waals surface area contributed by atoms with Gasteiger partial charge in [-0.2, -0.15) is 0 Å². The maximum atomic E-state index is 11.3. The monoisotopic (exact) mass is 780 g/mol. The third kappa shape index (κ3) is 5.28. The van der Waals surface area contributed by atoms with Crippen LogP contribution in [0.15, 0.2) is 168 Å². The molecule has 0 radical (unpaired) electrons. The maximum Gasteiger partial charge on any atom is 0.208 e. The minimum absolute atomic E-state index is 0.187. The molecule has 60 heavy (non-hydrogen) atoms. The molecule has 288 valence electrons. The Morgan fingerprint density at radius 1 is 0.383 bits per heavy atom. The van der Waals surface area contributed by atoms with E-state index < -0.39 is 28.7 Å². The van der Waals surface area contributed by atoms with Crippen LogP contribution in [0.5, 0.6) is 28.7 Å². The number of rotatable bonds is 5. The zero-order valence-corrected chi connectivity index (χ0v) is 32.1. The van der Waals surface area contributed by atoms with E-state index in [0.29, 0.717) is 16.3 Å². The molecular weight excluding hydrogens is 745 g/mol. The lowest BCUT2D eigenvalue weighted by Crippen LogP contribution is -1.95. The van der Waals surface area contributed by atoms with Gasteiger partial charge in [0.2, 0.25) is 17.2 Å². The molecule has 1 aliphatic rings. The second-order valence-corrected chi connectivity index (χ2v) is 15.4. The van der Waals surface area contributed by atoms with Gasteiger partial charge in [0, 0.05) is 21.9 Å². The lowest BCUT2D eigenvalue weighted by atomic mass is 9.82. The van der Waals surface area contributed by atoms with Gasteiger partial charge in [0.05, 0.1) is 5.56 Å². The first-order valence-corrected chi connectivity index (χ1v) is 19.9. The largest absolute Gasteiger partial charge is 0.504 e. The average Bonchev–Trinajstić information content (AvgIpc) is 3.68. The summed E-state index contributed by atoms with van der Waals surface area (Å²) in [7, 11) is 0. The van der Waals surface area contributed by atoms with Crippen molar-refractivity contribution in [1.82, 2.24) is 0 Å². The van der Waals surface area contributed by atoms with E-state index in [2.05, 4.69) is 109 Å². The number of phenols is 5. The first kappa shape index (κ1) is 35.2. The number of benzene rings is 9. The minimum atomic E-state index is -1.00. The number of hydrogen-bond donors (Lipinski definition) is 5. The number of hydrogen-bond acceptors (Lipinski definition) is 6. The Labute approximate surface area is 344 Å². The number of aromatic hydroxyl groups is 5. The normalized spacial score (nSPS) is 12.9. The summed E-state index contributed by atoms with van der Waals surface area (Å²) >= 11 is 0. The maximum absolute atomic E-state index is 11.3. The zero-order chi connectivity index (χ0) is 40.6. The lowest BCUT2D eigenvalue weighted by Gasteiger charge is -2.21. The number of fused-ring (bicyclic) bond motifs is 6. The Morgan fingerprint density at radius 3 is 1.65 bits per heavy atom. The molecule has 0 spiro atoms. The molecule has 0 aliphatic heterocycles. The van der Waals surface area contributed by atoms with E-state index in [-0.39, 0.29) is 5.56 Å². The van der Waals surface area contributed by atoms with E-state index in [1.807, 2.05) is 54.6 Å². The predicted molar refractivity (Wildman–Crippen MR) is 243 cm³/mol. The van der Waals surface area contributed by atoms with Crippen molar-refractivity contribution in [3.8, 4) is 73.3 Å². The second-order valence-electron chi connectivity index (χ2n) is 15.4. The molecule has 0 saturated carbocycles. The smallest absolute Gasteiger partial charge is 0.208 e. The van der Waals surface area contributed by atoms with Gasteiger partial charge in [0.25, 0.3) is 0 Å². The zero-order valence-electron chi connectivity index (χ0n) is 32.1. The lowest BCUT2D eigenvalue weighted by molar-refractivity contribution is 0.330. The van der Waals surface area contributed by atoms with E-state index >= 15 is 0 Å². The molecule has 1 aliphatic carbocycles. The molecule has 6 nitrogen and oxygen atoms in total. The quantitative estimate of drug-likeness (QED) is 0.0675. The number of furan rings is 1. The highest BCUT2D eigenvalue weighted by atomic mass is 16.4. The van der Waals surface area contributed by atoms with Gasteiger partial charge in [-0.15, -0.1) is 0 Å². The summed E-state index contributed by atoms with van der Waals surface area (Å²) in [5.41, 5.74) is 10.3. The van der Waals surface area contributed by atoms with Crippen LogP contribution < -0.4 is 0 Å². The fourth-order valence-corrected chi connectivity index (χ4v) is 9.31. The second kappa shape index (κ2) is 13.6. The van der Waals surface area contributed by atoms with Gasteiger partial charge in [0.1, 0.15) is 11.2 Å². The van der Waals surface area contributed by atoms with Crippen molar-refractivity contribution in [3.63, 3.8) is 0 Å². The molecule has 0 bridgehead atoms. The predicted octanol–water partition coefficient (Wildman–Crippen LogP) is 14.0. The summed E-state index contributed by atoms with van der Waals surface area (Å²) in [5, 5.41) is 61.4. The summed E-state index contributed by atoms with van der Waals surface area (Å²) < 4.78 is 6.66. The molecule has 5 N–H and O–H groups in total.